The van der Waals surface area contributed by atoms with Crippen LogP contribution in [0, 0.1) is 13.8 Å². The average Bonchev–Trinajstić information content (AvgIpc) is 2.65. The average molecular weight is 424 g/mol. The molecule has 0 fully saturated rings. The van der Waals surface area contributed by atoms with Crippen molar-refractivity contribution in [3.63, 3.8) is 0 Å². The van der Waals surface area contributed by atoms with E-state index in [2.05, 4.69) is 25.3 Å². The molecule has 162 valence electrons. The fourth-order valence-electron chi connectivity index (χ4n) is 2.58. The first-order chi connectivity index (χ1) is 14.0. The minimum absolute atomic E-state index is 0.115. The van der Waals surface area contributed by atoms with Crippen molar-refractivity contribution in [3.05, 3.63) is 46.8 Å². The van der Waals surface area contributed by atoms with Gasteiger partial charge in [-0.2, -0.15) is 13.2 Å². The molecule has 30 heavy (non-hydrogen) atoms. The van der Waals surface area contributed by atoms with Gasteiger partial charge in [0.25, 0.3) is 5.91 Å². The number of rotatable bonds is 7. The van der Waals surface area contributed by atoms with Gasteiger partial charge in [-0.1, -0.05) is 6.92 Å². The van der Waals surface area contributed by atoms with Gasteiger partial charge < -0.3 is 15.4 Å². The van der Waals surface area contributed by atoms with E-state index in [1.807, 2.05) is 0 Å². The fourth-order valence-corrected chi connectivity index (χ4v) is 2.58. The van der Waals surface area contributed by atoms with Crippen LogP contribution in [0.2, 0.25) is 0 Å². The Morgan fingerprint density at radius 3 is 2.50 bits per heavy atom. The fraction of sp³-hybridized carbons (Fsp3) is 0.400. The first kappa shape index (κ1) is 23.1. The summed E-state index contributed by atoms with van der Waals surface area (Å²) in [5.74, 6) is -0.448. The topological polar surface area (TPSA) is 93.2 Å². The molecule has 0 saturated heterocycles. The van der Waals surface area contributed by atoms with Crippen LogP contribution < -0.4 is 15.4 Å². The first-order valence-electron chi connectivity index (χ1n) is 9.24. The summed E-state index contributed by atoms with van der Waals surface area (Å²) in [5, 5.41) is 5.41. The van der Waals surface area contributed by atoms with E-state index in [0.29, 0.717) is 22.4 Å². The summed E-state index contributed by atoms with van der Waals surface area (Å²) in [6, 6.07) is 4.19. The summed E-state index contributed by atoms with van der Waals surface area (Å²) in [7, 11) is 0. The summed E-state index contributed by atoms with van der Waals surface area (Å²) in [6.45, 7) is 5.28. The summed E-state index contributed by atoms with van der Waals surface area (Å²) in [4.78, 5) is 32.3. The van der Waals surface area contributed by atoms with Crippen molar-refractivity contribution in [1.29, 1.82) is 0 Å². The van der Waals surface area contributed by atoms with Crippen LogP contribution in [-0.2, 0) is 4.79 Å². The molecule has 0 bridgehead atoms. The molecule has 10 heteroatoms. The van der Waals surface area contributed by atoms with Gasteiger partial charge in [0.05, 0.1) is 6.04 Å². The van der Waals surface area contributed by atoms with Crippen molar-refractivity contribution in [3.8, 4) is 5.88 Å². The van der Waals surface area contributed by atoms with Gasteiger partial charge in [-0.05, 0) is 44.5 Å². The Labute approximate surface area is 172 Å². The third-order valence-corrected chi connectivity index (χ3v) is 4.08. The summed E-state index contributed by atoms with van der Waals surface area (Å²) in [5.41, 5.74) is 1.90. The maximum absolute atomic E-state index is 12.6. The highest BCUT2D eigenvalue weighted by molar-refractivity contribution is 5.96. The molecule has 2 aromatic heterocycles. The quantitative estimate of drug-likeness (QED) is 0.704. The zero-order valence-electron chi connectivity index (χ0n) is 17.1. The second-order valence-corrected chi connectivity index (χ2v) is 6.77. The normalized spacial score (nSPS) is 12.2. The van der Waals surface area contributed by atoms with Gasteiger partial charge in [0.1, 0.15) is 5.82 Å². The number of alkyl halides is 3. The lowest BCUT2D eigenvalue weighted by Crippen LogP contribution is -2.27. The number of amides is 2. The maximum Gasteiger partial charge on any atom is 0.422 e. The molecule has 0 spiro atoms. The van der Waals surface area contributed by atoms with Crippen LogP contribution in [0.3, 0.4) is 0 Å². The molecule has 0 aromatic carbocycles. The van der Waals surface area contributed by atoms with E-state index in [-0.39, 0.29) is 24.0 Å². The number of aryl methyl sites for hydroxylation is 2. The summed E-state index contributed by atoms with van der Waals surface area (Å²) >= 11 is 0. The molecular formula is C20H23F3N4O3. The van der Waals surface area contributed by atoms with Gasteiger partial charge >= 0.3 is 6.18 Å². The van der Waals surface area contributed by atoms with Gasteiger partial charge in [0, 0.05) is 29.4 Å². The number of aromatic nitrogens is 2. The minimum atomic E-state index is -4.45. The Balaban J connectivity index is 2.10. The van der Waals surface area contributed by atoms with E-state index >= 15 is 0 Å². The molecule has 0 aliphatic carbocycles. The van der Waals surface area contributed by atoms with E-state index in [1.54, 1.807) is 39.8 Å². The predicted molar refractivity (Wildman–Crippen MR) is 104 cm³/mol. The minimum Gasteiger partial charge on any atom is -0.468 e. The number of anilines is 1. The van der Waals surface area contributed by atoms with Gasteiger partial charge in [-0.15, -0.1) is 0 Å². The van der Waals surface area contributed by atoms with Crippen molar-refractivity contribution >= 4 is 17.6 Å². The van der Waals surface area contributed by atoms with Crippen molar-refractivity contribution in [1.82, 2.24) is 15.3 Å². The van der Waals surface area contributed by atoms with Crippen LogP contribution in [0.5, 0.6) is 5.88 Å². The second kappa shape index (κ2) is 9.55. The summed E-state index contributed by atoms with van der Waals surface area (Å²) in [6.07, 6.45) is -2.82. The smallest absolute Gasteiger partial charge is 0.422 e. The van der Waals surface area contributed by atoms with E-state index in [1.165, 1.54) is 12.3 Å². The largest absolute Gasteiger partial charge is 0.468 e. The number of ether oxygens (including phenoxy) is 1. The van der Waals surface area contributed by atoms with Crippen molar-refractivity contribution in [2.45, 2.75) is 46.3 Å². The number of hydrogen-bond donors (Lipinski definition) is 2. The standard InChI is InChI=1S/C20H23F3N4O3/c1-5-17(28)27-16-8-14(7-12(3)25-16)18(29)26-13(4)15-6-11(2)19(24-9-15)30-10-20(21,22)23/h6-9,13H,5,10H2,1-4H3,(H,26,29)(H,25,27,28). The predicted octanol–water partition coefficient (Wildman–Crippen LogP) is 3.87. The van der Waals surface area contributed by atoms with Gasteiger partial charge in [-0.3, -0.25) is 9.59 Å². The molecule has 7 nitrogen and oxygen atoms in total. The molecule has 2 aromatic rings. The van der Waals surface area contributed by atoms with Gasteiger partial charge in [0.2, 0.25) is 11.8 Å². The van der Waals surface area contributed by atoms with Crippen molar-refractivity contribution < 1.29 is 27.5 Å². The van der Waals surface area contributed by atoms with Crippen LogP contribution in [0.4, 0.5) is 19.0 Å². The number of pyridine rings is 2. The van der Waals surface area contributed by atoms with E-state index < -0.39 is 24.7 Å². The first-order valence-corrected chi connectivity index (χ1v) is 9.24. The number of halogens is 3. The molecule has 0 aliphatic heterocycles. The molecular weight excluding hydrogens is 401 g/mol. The van der Waals surface area contributed by atoms with E-state index in [4.69, 9.17) is 0 Å². The van der Waals surface area contributed by atoms with Crippen LogP contribution in [0.25, 0.3) is 0 Å². The van der Waals surface area contributed by atoms with E-state index in [0.717, 1.165) is 0 Å². The monoisotopic (exact) mass is 424 g/mol. The van der Waals surface area contributed by atoms with Crippen LogP contribution >= 0.6 is 0 Å². The molecule has 0 aliphatic rings. The van der Waals surface area contributed by atoms with Crippen LogP contribution in [-0.4, -0.2) is 34.6 Å². The lowest BCUT2D eigenvalue weighted by Gasteiger charge is -2.17. The van der Waals surface area contributed by atoms with Crippen LogP contribution in [0.15, 0.2) is 24.4 Å². The molecule has 1 unspecified atom stereocenters. The number of nitrogens with zero attached hydrogens (tertiary/aromatic N) is 2. The lowest BCUT2D eigenvalue weighted by atomic mass is 10.1. The number of carbonyl (C=O) groups excluding carboxylic acids is 2. The number of hydrogen-bond acceptors (Lipinski definition) is 5. The van der Waals surface area contributed by atoms with E-state index in [9.17, 15) is 22.8 Å². The number of carbonyl (C=O) groups is 2. The highest BCUT2D eigenvalue weighted by Gasteiger charge is 2.29. The zero-order valence-corrected chi connectivity index (χ0v) is 17.1. The number of nitrogens with one attached hydrogen (secondary N) is 2. The Bertz CT molecular complexity index is 932. The maximum atomic E-state index is 12.6. The molecule has 2 N–H and O–H groups in total. The molecule has 2 amide bonds. The Kier molecular flexibility index (Phi) is 7.36. The highest BCUT2D eigenvalue weighted by Crippen LogP contribution is 2.23. The Morgan fingerprint density at radius 1 is 1.20 bits per heavy atom. The second-order valence-electron chi connectivity index (χ2n) is 6.77. The molecule has 0 radical (unpaired) electrons. The SMILES string of the molecule is CCC(=O)Nc1cc(C(=O)NC(C)c2cnc(OCC(F)(F)F)c(C)c2)cc(C)n1. The Morgan fingerprint density at radius 2 is 1.90 bits per heavy atom. The van der Waals surface area contributed by atoms with Crippen molar-refractivity contribution in [2.24, 2.45) is 0 Å². The lowest BCUT2D eigenvalue weighted by molar-refractivity contribution is -0.154. The zero-order chi connectivity index (χ0) is 22.5. The molecule has 1 atom stereocenters. The van der Waals surface area contributed by atoms with Crippen LogP contribution in [0.1, 0.15) is 53.5 Å². The van der Waals surface area contributed by atoms with Gasteiger partial charge in [0.15, 0.2) is 6.61 Å². The third-order valence-electron chi connectivity index (χ3n) is 4.08. The molecule has 2 heterocycles. The third kappa shape index (κ3) is 6.71. The highest BCUT2D eigenvalue weighted by atomic mass is 19.4. The Hall–Kier alpha value is -3.17. The molecule has 2 rings (SSSR count). The molecule has 0 saturated carbocycles. The summed E-state index contributed by atoms with van der Waals surface area (Å²) < 4.78 is 41.6. The van der Waals surface area contributed by atoms with Crippen molar-refractivity contribution in [2.75, 3.05) is 11.9 Å². The van der Waals surface area contributed by atoms with Gasteiger partial charge in [-0.25, -0.2) is 9.97 Å².